The molecule has 0 spiro atoms. The molecule has 0 saturated heterocycles. The summed E-state index contributed by atoms with van der Waals surface area (Å²) in [5, 5.41) is 0. The average molecular weight is 145 g/mol. The monoisotopic (exact) mass is 145 g/mol. The van der Waals surface area contributed by atoms with E-state index in [1.165, 1.54) is 12.8 Å². The lowest BCUT2D eigenvalue weighted by atomic mass is 9.84. The quantitative estimate of drug-likeness (QED) is 0.644. The lowest BCUT2D eigenvalue weighted by Crippen LogP contribution is -2.22. The zero-order valence-corrected chi connectivity index (χ0v) is 6.41. The van der Waals surface area contributed by atoms with E-state index < -0.39 is 0 Å². The highest BCUT2D eigenvalue weighted by molar-refractivity contribution is 4.84. The molecule has 0 unspecified atom stereocenters. The molecule has 0 atom stereocenters. The van der Waals surface area contributed by atoms with Crippen molar-refractivity contribution in [2.24, 2.45) is 11.1 Å². The second kappa shape index (κ2) is 3.33. The molecule has 0 amide bonds. The maximum atomic E-state index is 12.5. The van der Waals surface area contributed by atoms with E-state index >= 15 is 0 Å². The molecule has 1 rings (SSSR count). The molecule has 0 heterocycles. The normalized spacial score (nSPS) is 23.4. The van der Waals surface area contributed by atoms with Crippen LogP contribution in [0.15, 0.2) is 0 Å². The van der Waals surface area contributed by atoms with Crippen molar-refractivity contribution < 1.29 is 4.39 Å². The molecule has 60 valence electrons. The first-order valence-corrected chi connectivity index (χ1v) is 4.09. The number of nitrogens with two attached hydrogens (primary N) is 1. The lowest BCUT2D eigenvalue weighted by molar-refractivity contribution is 0.199. The van der Waals surface area contributed by atoms with Crippen LogP contribution in [0, 0.1) is 5.41 Å². The fourth-order valence-corrected chi connectivity index (χ4v) is 1.88. The summed E-state index contributed by atoms with van der Waals surface area (Å²) in [6.07, 6.45) is 5.39. The minimum Gasteiger partial charge on any atom is -0.330 e. The van der Waals surface area contributed by atoms with Crippen LogP contribution in [0.1, 0.15) is 32.1 Å². The second-order valence-electron chi connectivity index (χ2n) is 3.38. The van der Waals surface area contributed by atoms with Gasteiger partial charge in [-0.05, 0) is 31.2 Å². The summed E-state index contributed by atoms with van der Waals surface area (Å²) in [5.41, 5.74) is 5.40. The van der Waals surface area contributed by atoms with Crippen LogP contribution in [-0.2, 0) is 0 Å². The zero-order chi connectivity index (χ0) is 7.45. The smallest absolute Gasteiger partial charge is 0.0951 e. The Bertz CT molecular complexity index is 97.4. The second-order valence-corrected chi connectivity index (χ2v) is 3.38. The minimum atomic E-state index is -0.163. The highest BCUT2D eigenvalue weighted by atomic mass is 19.1. The van der Waals surface area contributed by atoms with Gasteiger partial charge in [0.15, 0.2) is 0 Å². The maximum Gasteiger partial charge on any atom is 0.0951 e. The Labute approximate surface area is 61.8 Å². The number of hydrogen-bond acceptors (Lipinski definition) is 1. The number of halogens is 1. The summed E-state index contributed by atoms with van der Waals surface area (Å²) in [4.78, 5) is 0. The van der Waals surface area contributed by atoms with Crippen LogP contribution in [-0.4, -0.2) is 13.2 Å². The fraction of sp³-hybridized carbons (Fsp3) is 1.00. The van der Waals surface area contributed by atoms with Gasteiger partial charge in [0.2, 0.25) is 0 Å². The Balaban J connectivity index is 2.41. The van der Waals surface area contributed by atoms with Crippen molar-refractivity contribution in [1.82, 2.24) is 0 Å². The van der Waals surface area contributed by atoms with E-state index in [0.717, 1.165) is 19.3 Å². The molecule has 1 nitrogen and oxygen atoms in total. The summed E-state index contributed by atoms with van der Waals surface area (Å²) in [6.45, 7) is 0.480. The van der Waals surface area contributed by atoms with Crippen molar-refractivity contribution in [3.63, 3.8) is 0 Å². The van der Waals surface area contributed by atoms with E-state index in [-0.39, 0.29) is 12.1 Å². The van der Waals surface area contributed by atoms with Gasteiger partial charge in [0.1, 0.15) is 0 Å². The molecular formula is C8H16FN. The molecule has 2 N–H and O–H groups in total. The predicted octanol–water partition coefficient (Wildman–Crippen LogP) is 1.87. The maximum absolute atomic E-state index is 12.5. The van der Waals surface area contributed by atoms with Crippen LogP contribution in [0.3, 0.4) is 0 Å². The third kappa shape index (κ3) is 1.48. The highest BCUT2D eigenvalue weighted by Crippen LogP contribution is 2.40. The van der Waals surface area contributed by atoms with Gasteiger partial charge in [-0.2, -0.15) is 0 Å². The first kappa shape index (κ1) is 7.99. The Hall–Kier alpha value is -0.110. The van der Waals surface area contributed by atoms with Crippen molar-refractivity contribution in [2.75, 3.05) is 13.2 Å². The summed E-state index contributed by atoms with van der Waals surface area (Å²) in [5.74, 6) is 0. The molecule has 2 heteroatoms. The van der Waals surface area contributed by atoms with E-state index in [9.17, 15) is 4.39 Å². The van der Waals surface area contributed by atoms with Gasteiger partial charge in [-0.15, -0.1) is 0 Å². The van der Waals surface area contributed by atoms with Crippen molar-refractivity contribution >= 4 is 0 Å². The molecule has 10 heavy (non-hydrogen) atoms. The molecule has 0 aromatic carbocycles. The lowest BCUT2D eigenvalue weighted by Gasteiger charge is -2.23. The standard InChI is InChI=1S/C8H16FN/c9-7-8(5-6-10)3-1-2-4-8/h1-7,10H2. The van der Waals surface area contributed by atoms with Gasteiger partial charge < -0.3 is 5.73 Å². The topological polar surface area (TPSA) is 26.0 Å². The van der Waals surface area contributed by atoms with E-state index in [1.807, 2.05) is 0 Å². The number of hydrogen-bond donors (Lipinski definition) is 1. The third-order valence-electron chi connectivity index (χ3n) is 2.62. The van der Waals surface area contributed by atoms with Gasteiger partial charge in [-0.3, -0.25) is 4.39 Å². The van der Waals surface area contributed by atoms with Gasteiger partial charge in [0.25, 0.3) is 0 Å². The van der Waals surface area contributed by atoms with Crippen LogP contribution in [0.25, 0.3) is 0 Å². The fourth-order valence-electron chi connectivity index (χ4n) is 1.88. The average Bonchev–Trinajstić information content (AvgIpc) is 2.39. The van der Waals surface area contributed by atoms with E-state index in [2.05, 4.69) is 0 Å². The SMILES string of the molecule is NCCC1(CF)CCCC1. The van der Waals surface area contributed by atoms with Gasteiger partial charge >= 0.3 is 0 Å². The largest absolute Gasteiger partial charge is 0.330 e. The van der Waals surface area contributed by atoms with Crippen molar-refractivity contribution in [3.05, 3.63) is 0 Å². The molecule has 1 saturated carbocycles. The summed E-state index contributed by atoms with van der Waals surface area (Å²) in [6, 6.07) is 0. The predicted molar refractivity (Wildman–Crippen MR) is 40.5 cm³/mol. The summed E-state index contributed by atoms with van der Waals surface area (Å²) < 4.78 is 12.5. The number of alkyl halides is 1. The molecule has 0 radical (unpaired) electrons. The van der Waals surface area contributed by atoms with Gasteiger partial charge in [-0.1, -0.05) is 12.8 Å². The Morgan fingerprint density at radius 1 is 1.30 bits per heavy atom. The molecule has 1 aliphatic carbocycles. The van der Waals surface area contributed by atoms with Gasteiger partial charge in [-0.25, -0.2) is 0 Å². The van der Waals surface area contributed by atoms with Gasteiger partial charge in [0, 0.05) is 0 Å². The van der Waals surface area contributed by atoms with Crippen LogP contribution in [0.4, 0.5) is 4.39 Å². The molecule has 0 aliphatic heterocycles. The molecule has 1 fully saturated rings. The van der Waals surface area contributed by atoms with Gasteiger partial charge in [0.05, 0.1) is 6.67 Å². The Morgan fingerprint density at radius 3 is 2.30 bits per heavy atom. The molecular weight excluding hydrogens is 129 g/mol. The molecule has 0 aromatic heterocycles. The van der Waals surface area contributed by atoms with E-state index in [1.54, 1.807) is 0 Å². The van der Waals surface area contributed by atoms with Crippen molar-refractivity contribution in [2.45, 2.75) is 32.1 Å². The third-order valence-corrected chi connectivity index (χ3v) is 2.62. The van der Waals surface area contributed by atoms with E-state index in [4.69, 9.17) is 5.73 Å². The van der Waals surface area contributed by atoms with Crippen molar-refractivity contribution in [1.29, 1.82) is 0 Å². The van der Waals surface area contributed by atoms with Crippen LogP contribution >= 0.6 is 0 Å². The minimum absolute atomic E-state index is 0.00521. The van der Waals surface area contributed by atoms with Crippen molar-refractivity contribution in [3.8, 4) is 0 Å². The first-order chi connectivity index (χ1) is 4.83. The Kier molecular flexibility index (Phi) is 2.66. The molecule has 0 aromatic rings. The van der Waals surface area contributed by atoms with Crippen LogP contribution in [0.5, 0.6) is 0 Å². The summed E-state index contributed by atoms with van der Waals surface area (Å²) >= 11 is 0. The summed E-state index contributed by atoms with van der Waals surface area (Å²) in [7, 11) is 0. The number of rotatable bonds is 3. The van der Waals surface area contributed by atoms with Crippen LogP contribution in [0.2, 0.25) is 0 Å². The molecule has 0 bridgehead atoms. The van der Waals surface area contributed by atoms with Crippen LogP contribution < -0.4 is 5.73 Å². The molecule has 1 aliphatic rings. The first-order valence-electron chi connectivity index (χ1n) is 4.09. The Morgan fingerprint density at radius 2 is 1.90 bits per heavy atom. The van der Waals surface area contributed by atoms with E-state index in [0.29, 0.717) is 6.54 Å². The zero-order valence-electron chi connectivity index (χ0n) is 6.41. The highest BCUT2D eigenvalue weighted by Gasteiger charge is 2.32.